The first-order chi connectivity index (χ1) is 13.0. The number of H-pyrrole nitrogens is 1. The molecule has 0 radical (unpaired) electrons. The molecule has 146 valence electrons. The number of ether oxygens (including phenoxy) is 1. The van der Waals surface area contributed by atoms with Crippen molar-refractivity contribution >= 4 is 25.6 Å². The zero-order chi connectivity index (χ0) is 19.6. The van der Waals surface area contributed by atoms with Crippen LogP contribution in [0.3, 0.4) is 0 Å². The number of rotatable bonds is 7. The smallest absolute Gasteiger partial charge is 0.280 e. The van der Waals surface area contributed by atoms with Crippen molar-refractivity contribution < 1.29 is 24.0 Å². The molecular weight excluding hydrogens is 381 g/mol. The van der Waals surface area contributed by atoms with Crippen LogP contribution in [0.5, 0.6) is 0 Å². The molecule has 1 aliphatic rings. The van der Waals surface area contributed by atoms with Gasteiger partial charge in [-0.1, -0.05) is 0 Å². The summed E-state index contributed by atoms with van der Waals surface area (Å²) in [5, 5.41) is 28.7. The number of nitrogens with two attached hydrogens (primary N) is 2. The molecule has 13 nitrogen and oxygen atoms in total. The Labute approximate surface area is 153 Å². The molecule has 0 aliphatic carbocycles. The van der Waals surface area contributed by atoms with Crippen molar-refractivity contribution in [2.24, 2.45) is 5.50 Å². The average Bonchev–Trinajstić information content (AvgIpc) is 3.17. The van der Waals surface area contributed by atoms with E-state index in [0.717, 1.165) is 0 Å². The van der Waals surface area contributed by atoms with Crippen molar-refractivity contribution in [2.45, 2.75) is 31.0 Å². The van der Waals surface area contributed by atoms with Crippen molar-refractivity contribution in [3.05, 3.63) is 16.7 Å². The first-order valence-electron chi connectivity index (χ1n) is 7.84. The third kappa shape index (κ3) is 3.92. The Kier molecular flexibility index (Phi) is 5.98. The van der Waals surface area contributed by atoms with Crippen molar-refractivity contribution in [2.75, 3.05) is 18.9 Å². The second-order valence-electron chi connectivity index (χ2n) is 5.61. The molecule has 2 aromatic heterocycles. The lowest BCUT2D eigenvalue weighted by atomic mass is 10.1. The summed E-state index contributed by atoms with van der Waals surface area (Å²) in [5.74, 6) is -0.121. The highest BCUT2D eigenvalue weighted by atomic mass is 31.2. The highest BCUT2D eigenvalue weighted by molar-refractivity contribution is 7.44. The molecular formula is C13H18N7O6P. The van der Waals surface area contributed by atoms with E-state index < -0.39 is 45.2 Å². The molecule has 0 spiro atoms. The summed E-state index contributed by atoms with van der Waals surface area (Å²) in [7, 11) is -1.90. The van der Waals surface area contributed by atoms with E-state index >= 15 is 0 Å². The Morgan fingerprint density at radius 1 is 1.56 bits per heavy atom. The Hall–Kier alpha value is -2.17. The third-order valence-corrected chi connectivity index (χ3v) is 4.76. The molecule has 3 heterocycles. The van der Waals surface area contributed by atoms with Gasteiger partial charge < -0.3 is 29.7 Å². The highest BCUT2D eigenvalue weighted by Gasteiger charge is 2.47. The monoisotopic (exact) mass is 399 g/mol. The maximum atomic E-state index is 11.9. The van der Waals surface area contributed by atoms with Gasteiger partial charge in [-0.05, 0) is 0 Å². The lowest BCUT2D eigenvalue weighted by Gasteiger charge is -2.22. The molecule has 1 aliphatic heterocycles. The summed E-state index contributed by atoms with van der Waals surface area (Å²) in [4.78, 5) is 22.2. The van der Waals surface area contributed by atoms with Gasteiger partial charge in [0.1, 0.15) is 18.3 Å². The van der Waals surface area contributed by atoms with Gasteiger partial charge in [-0.2, -0.15) is 10.2 Å². The number of hydrogen-bond donors (Lipinski definition) is 5. The molecule has 27 heavy (non-hydrogen) atoms. The van der Waals surface area contributed by atoms with Crippen LogP contribution < -0.4 is 16.8 Å². The zero-order valence-corrected chi connectivity index (χ0v) is 14.8. The fraction of sp³-hybridized carbons (Fsp3) is 0.538. The van der Waals surface area contributed by atoms with Crippen molar-refractivity contribution in [1.29, 1.82) is 5.26 Å². The van der Waals surface area contributed by atoms with Gasteiger partial charge >= 0.3 is 0 Å². The predicted octanol–water partition coefficient (Wildman–Crippen LogP) is -1.55. The average molecular weight is 399 g/mol. The van der Waals surface area contributed by atoms with Gasteiger partial charge in [-0.15, -0.1) is 0 Å². The topological polar surface area (TPSA) is 208 Å². The van der Waals surface area contributed by atoms with Gasteiger partial charge in [0.25, 0.3) is 14.1 Å². The zero-order valence-electron chi connectivity index (χ0n) is 13.9. The number of aromatic nitrogens is 4. The van der Waals surface area contributed by atoms with Crippen LogP contribution in [0.1, 0.15) is 12.6 Å². The summed E-state index contributed by atoms with van der Waals surface area (Å²) in [5.41, 5.74) is 10.9. The summed E-state index contributed by atoms with van der Waals surface area (Å²) >= 11 is 0. The maximum Gasteiger partial charge on any atom is 0.280 e. The third-order valence-electron chi connectivity index (χ3n) is 3.87. The summed E-state index contributed by atoms with van der Waals surface area (Å²) in [6, 6.07) is 1.90. The van der Waals surface area contributed by atoms with Crippen LogP contribution in [-0.2, 0) is 13.8 Å². The number of nitriles is 1. The molecule has 1 saturated heterocycles. The van der Waals surface area contributed by atoms with Gasteiger partial charge in [0.15, 0.2) is 17.4 Å². The quantitative estimate of drug-likeness (QED) is 0.266. The molecule has 0 bridgehead atoms. The minimum atomic E-state index is -1.90. The number of aliphatic hydroxyl groups is 2. The van der Waals surface area contributed by atoms with E-state index in [1.807, 2.05) is 6.07 Å². The number of anilines is 1. The van der Waals surface area contributed by atoms with Crippen LogP contribution in [0.4, 0.5) is 5.95 Å². The number of nitrogen functional groups attached to an aromatic ring is 1. The minimum Gasteiger partial charge on any atom is -0.394 e. The largest absolute Gasteiger partial charge is 0.394 e. The van der Waals surface area contributed by atoms with E-state index in [1.54, 1.807) is 0 Å². The number of aromatic amines is 1. The molecule has 7 N–H and O–H groups in total. The standard InChI is InChI=1S/C13H18N7O6P/c14-2-1-3-24-27(16)26-9-6(4-21)25-12(8(9)22)20-5-17-7-10(20)18-13(15)19-11(7)23/h5-6,8-9,12,21-22H,1,3-4,16H2,(H3,15,18,19,23)/t6-,8-,9-,12-,27?/m1/s1. The van der Waals surface area contributed by atoms with Crippen LogP contribution in [0.15, 0.2) is 11.1 Å². The molecule has 1 unspecified atom stereocenters. The number of imidazole rings is 1. The molecule has 14 heteroatoms. The van der Waals surface area contributed by atoms with Gasteiger partial charge in [-0.3, -0.25) is 19.8 Å². The fourth-order valence-electron chi connectivity index (χ4n) is 2.69. The van der Waals surface area contributed by atoms with Gasteiger partial charge in [0, 0.05) is 0 Å². The molecule has 0 amide bonds. The van der Waals surface area contributed by atoms with Crippen LogP contribution >= 0.6 is 8.53 Å². The summed E-state index contributed by atoms with van der Waals surface area (Å²) < 4.78 is 17.6. The van der Waals surface area contributed by atoms with E-state index in [1.165, 1.54) is 10.9 Å². The van der Waals surface area contributed by atoms with Crippen LogP contribution in [0.25, 0.3) is 11.2 Å². The predicted molar refractivity (Wildman–Crippen MR) is 91.7 cm³/mol. The number of aliphatic hydroxyl groups excluding tert-OH is 2. The van der Waals surface area contributed by atoms with Gasteiger partial charge in [-0.25, -0.2) is 4.98 Å². The van der Waals surface area contributed by atoms with E-state index in [9.17, 15) is 15.0 Å². The van der Waals surface area contributed by atoms with Gasteiger partial charge in [0.05, 0.1) is 32.0 Å². The Morgan fingerprint density at radius 2 is 2.33 bits per heavy atom. The van der Waals surface area contributed by atoms with E-state index in [4.69, 9.17) is 30.3 Å². The Bertz CT molecular complexity index is 897. The molecule has 0 saturated carbocycles. The summed E-state index contributed by atoms with van der Waals surface area (Å²) in [6.07, 6.45) is -2.82. The molecule has 5 atom stereocenters. The lowest BCUT2D eigenvalue weighted by Crippen LogP contribution is -2.35. The SMILES string of the molecule is N#CCCOP(N)O[C@H]1[C@@H](O)[C@H](n2cnc3c(=O)[nH]c(N)nc32)O[C@@H]1CO. The van der Waals surface area contributed by atoms with Crippen molar-refractivity contribution in [3.63, 3.8) is 0 Å². The molecule has 3 rings (SSSR count). The molecule has 0 aromatic carbocycles. The van der Waals surface area contributed by atoms with Crippen molar-refractivity contribution in [1.82, 2.24) is 19.5 Å². The Morgan fingerprint density at radius 3 is 3.04 bits per heavy atom. The second-order valence-corrected chi connectivity index (χ2v) is 6.65. The number of nitrogens with zero attached hydrogens (tertiary/aromatic N) is 4. The Balaban J connectivity index is 1.82. The van der Waals surface area contributed by atoms with Gasteiger partial charge in [0.2, 0.25) is 5.95 Å². The number of hydrogen-bond acceptors (Lipinski definition) is 11. The molecule has 2 aromatic rings. The lowest BCUT2D eigenvalue weighted by molar-refractivity contribution is -0.0504. The van der Waals surface area contributed by atoms with Crippen LogP contribution in [0.2, 0.25) is 0 Å². The van der Waals surface area contributed by atoms with Crippen molar-refractivity contribution in [3.8, 4) is 6.07 Å². The molecule has 1 fully saturated rings. The highest BCUT2D eigenvalue weighted by Crippen LogP contribution is 2.40. The van der Waals surface area contributed by atoms with E-state index in [-0.39, 0.29) is 30.1 Å². The number of nitrogens with one attached hydrogen (secondary N) is 1. The first-order valence-corrected chi connectivity index (χ1v) is 9.09. The minimum absolute atomic E-state index is 0.0193. The number of fused-ring (bicyclic) bond motifs is 1. The summed E-state index contributed by atoms with van der Waals surface area (Å²) in [6.45, 7) is -0.379. The fourth-order valence-corrected chi connectivity index (χ4v) is 3.52. The van der Waals surface area contributed by atoms with Crippen LogP contribution in [0, 0.1) is 11.3 Å². The first kappa shape index (κ1) is 19.6. The normalized spacial score (nSPS) is 26.3. The van der Waals surface area contributed by atoms with Crippen LogP contribution in [-0.4, -0.2) is 61.3 Å². The second kappa shape index (κ2) is 8.24. The van der Waals surface area contributed by atoms with E-state index in [0.29, 0.717) is 0 Å². The maximum absolute atomic E-state index is 11.9. The van der Waals surface area contributed by atoms with E-state index in [2.05, 4.69) is 15.0 Å².